The van der Waals surface area contributed by atoms with Gasteiger partial charge < -0.3 is 10.8 Å². The SMILES string of the molecule is Nc1ccc2c(c1)CCC2(O)c1ccc(Cl)c(Cl)c1. The van der Waals surface area contributed by atoms with Gasteiger partial charge >= 0.3 is 0 Å². The van der Waals surface area contributed by atoms with Crippen LogP contribution in [0, 0.1) is 0 Å². The van der Waals surface area contributed by atoms with Gasteiger partial charge in [0, 0.05) is 5.69 Å². The first-order valence-corrected chi connectivity index (χ1v) is 6.83. The Morgan fingerprint density at radius 3 is 2.58 bits per heavy atom. The number of anilines is 1. The quantitative estimate of drug-likeness (QED) is 0.787. The highest BCUT2D eigenvalue weighted by molar-refractivity contribution is 6.42. The maximum atomic E-state index is 11.0. The van der Waals surface area contributed by atoms with E-state index >= 15 is 0 Å². The summed E-state index contributed by atoms with van der Waals surface area (Å²) in [5.74, 6) is 0. The monoisotopic (exact) mass is 293 g/mol. The van der Waals surface area contributed by atoms with E-state index in [0.29, 0.717) is 16.5 Å². The number of hydrogen-bond acceptors (Lipinski definition) is 2. The van der Waals surface area contributed by atoms with Gasteiger partial charge in [-0.2, -0.15) is 0 Å². The largest absolute Gasteiger partial charge is 0.399 e. The highest BCUT2D eigenvalue weighted by Gasteiger charge is 2.38. The molecular formula is C15H13Cl2NO. The Morgan fingerprint density at radius 2 is 1.84 bits per heavy atom. The summed E-state index contributed by atoms with van der Waals surface area (Å²) in [6.45, 7) is 0. The molecule has 1 atom stereocenters. The molecule has 98 valence electrons. The maximum Gasteiger partial charge on any atom is 0.115 e. The van der Waals surface area contributed by atoms with Crippen molar-refractivity contribution < 1.29 is 5.11 Å². The number of nitrogens with two attached hydrogens (primary N) is 1. The van der Waals surface area contributed by atoms with Crippen molar-refractivity contribution in [2.24, 2.45) is 0 Å². The third kappa shape index (κ3) is 2.00. The molecule has 0 heterocycles. The summed E-state index contributed by atoms with van der Waals surface area (Å²) in [7, 11) is 0. The smallest absolute Gasteiger partial charge is 0.115 e. The van der Waals surface area contributed by atoms with E-state index < -0.39 is 5.60 Å². The van der Waals surface area contributed by atoms with Crippen LogP contribution in [0.4, 0.5) is 5.69 Å². The van der Waals surface area contributed by atoms with Gasteiger partial charge in [-0.05, 0) is 53.8 Å². The number of nitrogen functional groups attached to an aromatic ring is 1. The minimum absolute atomic E-state index is 0.455. The van der Waals surface area contributed by atoms with Gasteiger partial charge in [0.1, 0.15) is 5.60 Å². The highest BCUT2D eigenvalue weighted by atomic mass is 35.5. The molecule has 0 saturated carbocycles. The Morgan fingerprint density at radius 1 is 1.05 bits per heavy atom. The second kappa shape index (κ2) is 4.41. The van der Waals surface area contributed by atoms with Gasteiger partial charge in [-0.25, -0.2) is 0 Å². The van der Waals surface area contributed by atoms with Crippen LogP contribution in [0.3, 0.4) is 0 Å². The molecule has 0 aliphatic heterocycles. The molecule has 3 rings (SSSR count). The summed E-state index contributed by atoms with van der Waals surface area (Å²) in [6, 6.07) is 10.9. The Kier molecular flexibility index (Phi) is 2.97. The Bertz CT molecular complexity index is 657. The van der Waals surface area contributed by atoms with Crippen LogP contribution in [0.25, 0.3) is 0 Å². The van der Waals surface area contributed by atoms with Crippen molar-refractivity contribution in [2.45, 2.75) is 18.4 Å². The fraction of sp³-hybridized carbons (Fsp3) is 0.200. The predicted molar refractivity (Wildman–Crippen MR) is 78.6 cm³/mol. The van der Waals surface area contributed by atoms with Gasteiger partial charge in [0.15, 0.2) is 0 Å². The lowest BCUT2D eigenvalue weighted by molar-refractivity contribution is 0.0829. The molecule has 0 spiro atoms. The number of aliphatic hydroxyl groups is 1. The van der Waals surface area contributed by atoms with E-state index in [1.807, 2.05) is 24.3 Å². The Labute approximate surface area is 121 Å². The molecule has 0 bridgehead atoms. The van der Waals surface area contributed by atoms with Crippen LogP contribution >= 0.6 is 23.2 Å². The van der Waals surface area contributed by atoms with E-state index in [4.69, 9.17) is 28.9 Å². The summed E-state index contributed by atoms with van der Waals surface area (Å²) >= 11 is 12.0. The van der Waals surface area contributed by atoms with E-state index in [1.54, 1.807) is 12.1 Å². The second-order valence-corrected chi connectivity index (χ2v) is 5.72. The van der Waals surface area contributed by atoms with Gasteiger partial charge in [-0.15, -0.1) is 0 Å². The number of hydrogen-bond donors (Lipinski definition) is 2. The molecule has 1 unspecified atom stereocenters. The molecule has 19 heavy (non-hydrogen) atoms. The van der Waals surface area contributed by atoms with Crippen molar-refractivity contribution in [1.29, 1.82) is 0 Å². The van der Waals surface area contributed by atoms with E-state index in [1.165, 1.54) is 0 Å². The molecular weight excluding hydrogens is 281 g/mol. The molecule has 0 amide bonds. The fourth-order valence-electron chi connectivity index (χ4n) is 2.73. The Hall–Kier alpha value is -1.22. The van der Waals surface area contributed by atoms with Gasteiger partial charge in [0.2, 0.25) is 0 Å². The zero-order valence-electron chi connectivity index (χ0n) is 10.2. The average Bonchev–Trinajstić information content (AvgIpc) is 2.71. The molecule has 0 radical (unpaired) electrons. The number of benzene rings is 2. The first-order valence-electron chi connectivity index (χ1n) is 6.07. The van der Waals surface area contributed by atoms with Crippen LogP contribution in [-0.2, 0) is 12.0 Å². The standard InChI is InChI=1S/C15H13Cl2NO/c16-13-4-1-10(8-14(13)17)15(19)6-5-9-7-11(18)2-3-12(9)15/h1-4,7-8,19H,5-6,18H2. The molecule has 2 nitrogen and oxygen atoms in total. The number of aryl methyl sites for hydroxylation is 1. The number of rotatable bonds is 1. The van der Waals surface area contributed by atoms with E-state index in [-0.39, 0.29) is 0 Å². The summed E-state index contributed by atoms with van der Waals surface area (Å²) in [4.78, 5) is 0. The van der Waals surface area contributed by atoms with E-state index in [0.717, 1.165) is 28.8 Å². The molecule has 0 aromatic heterocycles. The van der Waals surface area contributed by atoms with Crippen molar-refractivity contribution >= 4 is 28.9 Å². The van der Waals surface area contributed by atoms with Crippen LogP contribution in [-0.4, -0.2) is 5.11 Å². The third-order valence-corrected chi connectivity index (χ3v) is 4.47. The molecule has 1 aliphatic rings. The maximum absolute atomic E-state index is 11.0. The predicted octanol–water partition coefficient (Wildman–Crippen LogP) is 3.76. The van der Waals surface area contributed by atoms with Crippen LogP contribution in [0.5, 0.6) is 0 Å². The minimum Gasteiger partial charge on any atom is -0.399 e. The topological polar surface area (TPSA) is 46.2 Å². The molecule has 3 N–H and O–H groups in total. The number of halogens is 2. The van der Waals surface area contributed by atoms with Crippen LogP contribution in [0.15, 0.2) is 36.4 Å². The fourth-order valence-corrected chi connectivity index (χ4v) is 3.03. The van der Waals surface area contributed by atoms with E-state index in [2.05, 4.69) is 0 Å². The summed E-state index contributed by atoms with van der Waals surface area (Å²) < 4.78 is 0. The average molecular weight is 294 g/mol. The van der Waals surface area contributed by atoms with Gasteiger partial charge in [-0.3, -0.25) is 0 Å². The lowest BCUT2D eigenvalue weighted by Crippen LogP contribution is -2.23. The van der Waals surface area contributed by atoms with Gasteiger partial charge in [0.25, 0.3) is 0 Å². The summed E-state index contributed by atoms with van der Waals surface area (Å²) in [5.41, 5.74) is 8.26. The summed E-state index contributed by atoms with van der Waals surface area (Å²) in [5, 5.41) is 11.9. The van der Waals surface area contributed by atoms with Crippen molar-refractivity contribution in [3.63, 3.8) is 0 Å². The molecule has 0 saturated heterocycles. The van der Waals surface area contributed by atoms with Crippen LogP contribution < -0.4 is 5.73 Å². The lowest BCUT2D eigenvalue weighted by Gasteiger charge is -2.25. The number of fused-ring (bicyclic) bond motifs is 1. The van der Waals surface area contributed by atoms with Crippen molar-refractivity contribution in [3.05, 3.63) is 63.1 Å². The third-order valence-electron chi connectivity index (χ3n) is 3.73. The second-order valence-electron chi connectivity index (χ2n) is 4.91. The van der Waals surface area contributed by atoms with Crippen molar-refractivity contribution in [3.8, 4) is 0 Å². The lowest BCUT2D eigenvalue weighted by atomic mass is 9.88. The van der Waals surface area contributed by atoms with Crippen LogP contribution in [0.2, 0.25) is 10.0 Å². The van der Waals surface area contributed by atoms with Gasteiger partial charge in [-0.1, -0.05) is 35.3 Å². The first kappa shape index (κ1) is 12.8. The molecule has 0 fully saturated rings. The van der Waals surface area contributed by atoms with Gasteiger partial charge in [0.05, 0.1) is 10.0 Å². The van der Waals surface area contributed by atoms with Crippen molar-refractivity contribution in [1.82, 2.24) is 0 Å². The molecule has 2 aromatic rings. The Balaban J connectivity index is 2.13. The normalized spacial score (nSPS) is 21.4. The first-order chi connectivity index (χ1) is 9.00. The highest BCUT2D eigenvalue weighted by Crippen LogP contribution is 2.43. The van der Waals surface area contributed by atoms with Crippen molar-refractivity contribution in [2.75, 3.05) is 5.73 Å². The minimum atomic E-state index is -1.00. The zero-order valence-corrected chi connectivity index (χ0v) is 11.7. The zero-order chi connectivity index (χ0) is 13.6. The van der Waals surface area contributed by atoms with E-state index in [9.17, 15) is 5.11 Å². The summed E-state index contributed by atoms with van der Waals surface area (Å²) in [6.07, 6.45) is 1.43. The van der Waals surface area contributed by atoms with Crippen LogP contribution in [0.1, 0.15) is 23.1 Å². The molecule has 1 aliphatic carbocycles. The molecule has 4 heteroatoms. The molecule has 2 aromatic carbocycles.